The topological polar surface area (TPSA) is 79.1 Å². The summed E-state index contributed by atoms with van der Waals surface area (Å²) in [5.41, 5.74) is 4.02. The van der Waals surface area contributed by atoms with E-state index in [0.29, 0.717) is 50.2 Å². The van der Waals surface area contributed by atoms with Crippen LogP contribution in [0.1, 0.15) is 61.9 Å². The lowest BCUT2D eigenvalue weighted by Gasteiger charge is -2.26. The lowest BCUT2D eigenvalue weighted by atomic mass is 9.91. The predicted octanol–water partition coefficient (Wildman–Crippen LogP) is 5.47. The van der Waals surface area contributed by atoms with Gasteiger partial charge in [-0.25, -0.2) is 9.79 Å². The van der Waals surface area contributed by atoms with Gasteiger partial charge < -0.3 is 14.2 Å². The number of benzene rings is 3. The van der Waals surface area contributed by atoms with Gasteiger partial charge in [0.1, 0.15) is 0 Å². The minimum Gasteiger partial charge on any atom is -0.493 e. The van der Waals surface area contributed by atoms with Crippen LogP contribution in [0.25, 0.3) is 11.8 Å². The van der Waals surface area contributed by atoms with E-state index in [9.17, 15) is 9.59 Å². The summed E-state index contributed by atoms with van der Waals surface area (Å²) in [5, 5.41) is 0. The number of hydrogen-bond acceptors (Lipinski definition) is 7. The molecule has 0 saturated carbocycles. The molecule has 1 aliphatic heterocycles. The van der Waals surface area contributed by atoms with Gasteiger partial charge in [-0.05, 0) is 43.0 Å². The Kier molecular flexibility index (Phi) is 8.73. The number of thiazole rings is 1. The number of ether oxygens (including phenoxy) is 3. The highest BCUT2D eigenvalue weighted by molar-refractivity contribution is 7.07. The van der Waals surface area contributed by atoms with E-state index in [1.165, 1.54) is 11.3 Å². The fourth-order valence-electron chi connectivity index (χ4n) is 5.07. The third-order valence-electron chi connectivity index (χ3n) is 7.10. The Balaban J connectivity index is 1.81. The van der Waals surface area contributed by atoms with Crippen LogP contribution in [-0.2, 0) is 9.53 Å². The van der Waals surface area contributed by atoms with Crippen molar-refractivity contribution in [2.45, 2.75) is 39.7 Å². The minimum absolute atomic E-state index is 0.198. The molecule has 1 atom stereocenters. The van der Waals surface area contributed by atoms with Gasteiger partial charge in [-0.3, -0.25) is 9.36 Å². The molecular formula is C34H34N2O5S. The fourth-order valence-corrected chi connectivity index (χ4v) is 6.06. The first-order chi connectivity index (χ1) is 20.4. The maximum Gasteiger partial charge on any atom is 0.338 e. The number of para-hydroxylation sites is 1. The van der Waals surface area contributed by atoms with Crippen LogP contribution in [0.4, 0.5) is 0 Å². The number of carbonyl (C=O) groups is 1. The molecule has 8 heteroatoms. The van der Waals surface area contributed by atoms with Gasteiger partial charge in [0.05, 0.1) is 42.2 Å². The van der Waals surface area contributed by atoms with Gasteiger partial charge in [-0.2, -0.15) is 0 Å². The molecule has 0 saturated heterocycles. The molecule has 0 radical (unpaired) electrons. The van der Waals surface area contributed by atoms with Crippen LogP contribution < -0.4 is 24.4 Å². The zero-order chi connectivity index (χ0) is 29.8. The normalized spacial score (nSPS) is 14.9. The van der Waals surface area contributed by atoms with E-state index in [1.807, 2.05) is 79.7 Å². The van der Waals surface area contributed by atoms with Gasteiger partial charge in [0.2, 0.25) is 0 Å². The van der Waals surface area contributed by atoms with E-state index in [2.05, 4.69) is 13.8 Å². The molecule has 42 heavy (non-hydrogen) atoms. The van der Waals surface area contributed by atoms with E-state index in [1.54, 1.807) is 24.7 Å². The highest BCUT2D eigenvalue weighted by atomic mass is 32.1. The first-order valence-corrected chi connectivity index (χ1v) is 14.9. The third-order valence-corrected chi connectivity index (χ3v) is 8.08. The molecule has 1 aliphatic rings. The van der Waals surface area contributed by atoms with Gasteiger partial charge in [0, 0.05) is 11.1 Å². The van der Waals surface area contributed by atoms with Crippen molar-refractivity contribution < 1.29 is 19.0 Å². The molecule has 2 heterocycles. The number of methoxy groups -OCH3 is 1. The SMILES string of the molecule is CCOC(=O)C1=C(c2ccccc2)N=c2s/c(=C\c3cccc(OC)c3OCC)c(=O)n2[C@@H]1c1ccc(C(C)C)cc1. The smallest absolute Gasteiger partial charge is 0.338 e. The van der Waals surface area contributed by atoms with Crippen molar-refractivity contribution in [3.63, 3.8) is 0 Å². The van der Waals surface area contributed by atoms with Gasteiger partial charge in [0.15, 0.2) is 16.3 Å². The van der Waals surface area contributed by atoms with Crippen LogP contribution in [0.2, 0.25) is 0 Å². The minimum atomic E-state index is -0.726. The first-order valence-electron chi connectivity index (χ1n) is 14.1. The number of hydrogen-bond donors (Lipinski definition) is 0. The Morgan fingerprint density at radius 1 is 1.00 bits per heavy atom. The van der Waals surface area contributed by atoms with Gasteiger partial charge in [-0.15, -0.1) is 0 Å². The van der Waals surface area contributed by atoms with Crippen molar-refractivity contribution in [2.75, 3.05) is 20.3 Å². The molecule has 7 nitrogen and oxygen atoms in total. The van der Waals surface area contributed by atoms with Crippen molar-refractivity contribution in [2.24, 2.45) is 4.99 Å². The molecule has 5 rings (SSSR count). The second-order valence-corrected chi connectivity index (χ2v) is 11.1. The summed E-state index contributed by atoms with van der Waals surface area (Å²) in [6.07, 6.45) is 1.80. The average molecular weight is 583 g/mol. The van der Waals surface area contributed by atoms with Crippen LogP contribution in [0.15, 0.2) is 88.2 Å². The Hall–Kier alpha value is -4.43. The molecule has 0 unspecified atom stereocenters. The maximum absolute atomic E-state index is 14.2. The maximum atomic E-state index is 14.2. The van der Waals surface area contributed by atoms with Gasteiger partial charge in [0.25, 0.3) is 5.56 Å². The lowest BCUT2D eigenvalue weighted by Crippen LogP contribution is -2.40. The van der Waals surface area contributed by atoms with Crippen LogP contribution in [-0.4, -0.2) is 30.9 Å². The van der Waals surface area contributed by atoms with Crippen molar-refractivity contribution in [1.82, 2.24) is 4.57 Å². The number of aromatic nitrogens is 1. The monoisotopic (exact) mass is 582 g/mol. The molecule has 0 bridgehead atoms. The number of fused-ring (bicyclic) bond motifs is 1. The highest BCUT2D eigenvalue weighted by Crippen LogP contribution is 2.36. The molecule has 4 aromatic rings. The molecule has 0 fully saturated rings. The molecular weight excluding hydrogens is 548 g/mol. The summed E-state index contributed by atoms with van der Waals surface area (Å²) in [5.74, 6) is 0.978. The zero-order valence-corrected chi connectivity index (χ0v) is 25.2. The number of nitrogens with zero attached hydrogens (tertiary/aromatic N) is 2. The van der Waals surface area contributed by atoms with Crippen LogP contribution in [0.5, 0.6) is 11.5 Å². The quantitative estimate of drug-likeness (QED) is 0.245. The average Bonchev–Trinajstić information content (AvgIpc) is 3.32. The summed E-state index contributed by atoms with van der Waals surface area (Å²) in [4.78, 5) is 33.3. The summed E-state index contributed by atoms with van der Waals surface area (Å²) in [6.45, 7) is 8.57. The van der Waals surface area contributed by atoms with Crippen LogP contribution >= 0.6 is 11.3 Å². The Morgan fingerprint density at radius 3 is 2.38 bits per heavy atom. The summed E-state index contributed by atoms with van der Waals surface area (Å²) < 4.78 is 19.0. The Bertz CT molecular complexity index is 1800. The Morgan fingerprint density at radius 2 is 1.74 bits per heavy atom. The molecule has 1 aromatic heterocycles. The van der Waals surface area contributed by atoms with E-state index in [-0.39, 0.29) is 12.2 Å². The van der Waals surface area contributed by atoms with Crippen molar-refractivity contribution in [3.8, 4) is 11.5 Å². The second-order valence-electron chi connectivity index (χ2n) is 10.1. The number of rotatable bonds is 9. The molecule has 0 N–H and O–H groups in total. The lowest BCUT2D eigenvalue weighted by molar-refractivity contribution is -0.138. The van der Waals surface area contributed by atoms with Gasteiger partial charge in [-0.1, -0.05) is 91.9 Å². The molecule has 216 valence electrons. The van der Waals surface area contributed by atoms with E-state index < -0.39 is 12.0 Å². The molecule has 0 spiro atoms. The number of carbonyl (C=O) groups excluding carboxylic acids is 1. The third kappa shape index (κ3) is 5.54. The van der Waals surface area contributed by atoms with Crippen LogP contribution in [0, 0.1) is 0 Å². The van der Waals surface area contributed by atoms with Crippen molar-refractivity contribution >= 4 is 29.1 Å². The highest BCUT2D eigenvalue weighted by Gasteiger charge is 2.35. The van der Waals surface area contributed by atoms with Crippen molar-refractivity contribution in [3.05, 3.63) is 120 Å². The van der Waals surface area contributed by atoms with E-state index in [4.69, 9.17) is 19.2 Å². The molecule has 0 amide bonds. The van der Waals surface area contributed by atoms with Crippen molar-refractivity contribution in [1.29, 1.82) is 0 Å². The van der Waals surface area contributed by atoms with E-state index >= 15 is 0 Å². The van der Waals surface area contributed by atoms with Crippen LogP contribution in [0.3, 0.4) is 0 Å². The first kappa shape index (κ1) is 29.1. The van der Waals surface area contributed by atoms with Gasteiger partial charge >= 0.3 is 5.97 Å². The second kappa shape index (κ2) is 12.6. The summed E-state index contributed by atoms with van der Waals surface area (Å²) >= 11 is 1.27. The Labute approximate surface area is 249 Å². The summed E-state index contributed by atoms with van der Waals surface area (Å²) in [6, 6.07) is 22.4. The summed E-state index contributed by atoms with van der Waals surface area (Å²) in [7, 11) is 1.59. The predicted molar refractivity (Wildman–Crippen MR) is 166 cm³/mol. The fraction of sp³-hybridized carbons (Fsp3) is 0.265. The van der Waals surface area contributed by atoms with E-state index in [0.717, 1.165) is 16.7 Å². The zero-order valence-electron chi connectivity index (χ0n) is 24.4. The molecule has 0 aliphatic carbocycles. The molecule has 3 aromatic carbocycles. The largest absolute Gasteiger partial charge is 0.493 e. The standard InChI is InChI=1S/C34H34N2O5S/c1-6-40-31-25(14-11-15-26(31)39-5)20-27-32(37)36-30(24-18-16-22(17-19-24)21(3)4)28(33(38)41-7-2)29(35-34(36)42-27)23-12-9-8-10-13-23/h8-21,30H,6-7H2,1-5H3/b27-20-/t30-/m1/s1. The number of esters is 1.